The van der Waals surface area contributed by atoms with Crippen molar-refractivity contribution < 1.29 is 18.8 Å². The van der Waals surface area contributed by atoms with Crippen LogP contribution in [0.2, 0.25) is 0 Å². The van der Waals surface area contributed by atoms with Gasteiger partial charge < -0.3 is 18.9 Å². The van der Waals surface area contributed by atoms with E-state index in [0.717, 1.165) is 21.5 Å². The van der Waals surface area contributed by atoms with Crippen LogP contribution in [0.4, 0.5) is 4.79 Å². The first-order chi connectivity index (χ1) is 15.3. The second-order valence-corrected chi connectivity index (χ2v) is 11.9. The van der Waals surface area contributed by atoms with Gasteiger partial charge in [0.2, 0.25) is 0 Å². The number of fused-ring (bicyclic) bond motifs is 1. The number of benzene rings is 1. The molecule has 4 rings (SSSR count). The summed E-state index contributed by atoms with van der Waals surface area (Å²) in [5, 5.41) is 9.53. The van der Waals surface area contributed by atoms with Crippen LogP contribution in [-0.4, -0.2) is 41.5 Å². The summed E-state index contributed by atoms with van der Waals surface area (Å²) in [6.45, 7) is 14.6. The minimum absolute atomic E-state index is 0.116. The van der Waals surface area contributed by atoms with E-state index in [0.29, 0.717) is 18.0 Å². The zero-order valence-corrected chi connectivity index (χ0v) is 21.2. The highest BCUT2D eigenvalue weighted by molar-refractivity contribution is 7.12. The lowest BCUT2D eigenvalue weighted by molar-refractivity contribution is 0.00578. The quantitative estimate of drug-likeness (QED) is 0.595. The summed E-state index contributed by atoms with van der Waals surface area (Å²) >= 11 is 1.44. The maximum atomic E-state index is 13.0. The van der Waals surface area contributed by atoms with Crippen LogP contribution in [0.15, 0.2) is 30.3 Å². The van der Waals surface area contributed by atoms with Gasteiger partial charge in [0.25, 0.3) is 0 Å². The van der Waals surface area contributed by atoms with E-state index in [1.807, 2.05) is 72.7 Å². The SMILES string of the molecule is CC(C)(C)OC(=O)N1Cc2sc(C#N)cc2C(c2ccccc2B2OC(C)(C)C(C)(C)O2)C1. The maximum absolute atomic E-state index is 13.0. The normalized spacial score (nSPS) is 21.5. The number of hydrogen-bond donors (Lipinski definition) is 0. The van der Waals surface area contributed by atoms with Crippen molar-refractivity contribution in [3.63, 3.8) is 0 Å². The van der Waals surface area contributed by atoms with Crippen molar-refractivity contribution in [3.05, 3.63) is 51.2 Å². The van der Waals surface area contributed by atoms with Gasteiger partial charge >= 0.3 is 13.2 Å². The lowest BCUT2D eigenvalue weighted by Crippen LogP contribution is -2.44. The number of rotatable bonds is 2. The predicted octanol–water partition coefficient (Wildman–Crippen LogP) is 4.80. The van der Waals surface area contributed by atoms with Gasteiger partial charge in [-0.2, -0.15) is 5.26 Å². The van der Waals surface area contributed by atoms with Crippen LogP contribution < -0.4 is 5.46 Å². The third-order valence-electron chi connectivity index (χ3n) is 6.60. The molecule has 3 heterocycles. The number of nitriles is 1. The number of hydrogen-bond acceptors (Lipinski definition) is 6. The molecule has 8 heteroatoms. The van der Waals surface area contributed by atoms with E-state index in [1.54, 1.807) is 4.90 Å². The van der Waals surface area contributed by atoms with Gasteiger partial charge in [0, 0.05) is 17.3 Å². The Hall–Kier alpha value is -2.34. The number of carbonyl (C=O) groups is 1. The Bertz CT molecular complexity index is 1100. The van der Waals surface area contributed by atoms with Crippen molar-refractivity contribution in [1.29, 1.82) is 5.26 Å². The van der Waals surface area contributed by atoms with Gasteiger partial charge in [-0.3, -0.25) is 0 Å². The first-order valence-corrected chi connectivity index (χ1v) is 12.1. The van der Waals surface area contributed by atoms with Gasteiger partial charge in [-0.15, -0.1) is 11.3 Å². The Balaban J connectivity index is 1.75. The topological polar surface area (TPSA) is 71.8 Å². The summed E-state index contributed by atoms with van der Waals surface area (Å²) in [4.78, 5) is 16.4. The summed E-state index contributed by atoms with van der Waals surface area (Å²) in [7, 11) is -0.513. The van der Waals surface area contributed by atoms with Crippen LogP contribution in [-0.2, 0) is 20.6 Å². The molecule has 0 saturated carbocycles. The Kier molecular flexibility index (Phi) is 5.89. The van der Waals surface area contributed by atoms with E-state index in [4.69, 9.17) is 14.0 Å². The fourth-order valence-electron chi connectivity index (χ4n) is 4.22. The van der Waals surface area contributed by atoms with Gasteiger partial charge in [0.1, 0.15) is 16.5 Å². The molecule has 0 aliphatic carbocycles. The van der Waals surface area contributed by atoms with Crippen LogP contribution in [0, 0.1) is 11.3 Å². The number of carbonyl (C=O) groups excluding carboxylic acids is 1. The highest BCUT2D eigenvalue weighted by Crippen LogP contribution is 2.40. The fraction of sp³-hybridized carbons (Fsp3) is 0.520. The fourth-order valence-corrected chi connectivity index (χ4v) is 5.25. The smallest absolute Gasteiger partial charge is 0.444 e. The lowest BCUT2D eigenvalue weighted by atomic mass is 9.71. The first-order valence-electron chi connectivity index (χ1n) is 11.3. The zero-order valence-electron chi connectivity index (χ0n) is 20.4. The minimum Gasteiger partial charge on any atom is -0.444 e. The largest absolute Gasteiger partial charge is 0.495 e. The highest BCUT2D eigenvalue weighted by atomic mass is 32.1. The molecule has 1 unspecified atom stereocenters. The average Bonchev–Trinajstić information content (AvgIpc) is 3.23. The van der Waals surface area contributed by atoms with E-state index >= 15 is 0 Å². The van der Waals surface area contributed by atoms with Crippen LogP contribution in [0.3, 0.4) is 0 Å². The van der Waals surface area contributed by atoms with Gasteiger partial charge in [0.15, 0.2) is 0 Å². The van der Waals surface area contributed by atoms with E-state index in [9.17, 15) is 10.1 Å². The first kappa shape index (κ1) is 23.8. The highest BCUT2D eigenvalue weighted by Gasteiger charge is 2.52. The van der Waals surface area contributed by atoms with Crippen LogP contribution >= 0.6 is 11.3 Å². The van der Waals surface area contributed by atoms with E-state index < -0.39 is 23.9 Å². The summed E-state index contributed by atoms with van der Waals surface area (Å²) in [6.07, 6.45) is -0.349. The Morgan fingerprint density at radius 1 is 1.18 bits per heavy atom. The molecule has 0 bridgehead atoms. The molecule has 1 saturated heterocycles. The second-order valence-electron chi connectivity index (χ2n) is 10.7. The molecule has 1 aromatic carbocycles. The summed E-state index contributed by atoms with van der Waals surface area (Å²) in [5.41, 5.74) is 1.57. The van der Waals surface area contributed by atoms with Gasteiger partial charge in [0.05, 0.1) is 17.7 Å². The molecule has 33 heavy (non-hydrogen) atoms. The molecule has 2 aliphatic heterocycles. The molecule has 0 radical (unpaired) electrons. The lowest BCUT2D eigenvalue weighted by Gasteiger charge is -2.35. The number of nitrogens with zero attached hydrogens (tertiary/aromatic N) is 2. The summed E-state index contributed by atoms with van der Waals surface area (Å²) < 4.78 is 18.4. The third kappa shape index (κ3) is 4.55. The Morgan fingerprint density at radius 2 is 1.82 bits per heavy atom. The van der Waals surface area contributed by atoms with Crippen molar-refractivity contribution >= 4 is 30.0 Å². The van der Waals surface area contributed by atoms with E-state index in [-0.39, 0.29) is 12.0 Å². The average molecular weight is 466 g/mol. The van der Waals surface area contributed by atoms with Crippen LogP contribution in [0.25, 0.3) is 0 Å². The Morgan fingerprint density at radius 3 is 2.42 bits per heavy atom. The summed E-state index contributed by atoms with van der Waals surface area (Å²) in [5.74, 6) is -0.116. The van der Waals surface area contributed by atoms with Crippen molar-refractivity contribution in [2.45, 2.75) is 77.7 Å². The van der Waals surface area contributed by atoms with Crippen molar-refractivity contribution in [1.82, 2.24) is 4.90 Å². The summed E-state index contributed by atoms with van der Waals surface area (Å²) in [6, 6.07) is 12.3. The van der Waals surface area contributed by atoms with Crippen molar-refractivity contribution in [3.8, 4) is 6.07 Å². The van der Waals surface area contributed by atoms with Crippen molar-refractivity contribution in [2.75, 3.05) is 6.54 Å². The molecule has 1 amide bonds. The molecule has 0 N–H and O–H groups in total. The third-order valence-corrected chi connectivity index (χ3v) is 7.64. The van der Waals surface area contributed by atoms with Crippen LogP contribution in [0.1, 0.15) is 75.3 Å². The van der Waals surface area contributed by atoms with Gasteiger partial charge in [-0.05, 0) is 71.1 Å². The molecule has 1 aromatic heterocycles. The molecule has 2 aromatic rings. The molecule has 174 valence electrons. The molecular formula is C25H31BN2O4S. The van der Waals surface area contributed by atoms with E-state index in [2.05, 4.69) is 12.1 Å². The monoisotopic (exact) mass is 466 g/mol. The number of ether oxygens (including phenoxy) is 1. The molecule has 0 spiro atoms. The minimum atomic E-state index is -0.583. The molecule has 1 atom stereocenters. The molecule has 6 nitrogen and oxygen atoms in total. The predicted molar refractivity (Wildman–Crippen MR) is 130 cm³/mol. The number of amides is 1. The Labute approximate surface area is 200 Å². The van der Waals surface area contributed by atoms with Crippen molar-refractivity contribution in [2.24, 2.45) is 0 Å². The van der Waals surface area contributed by atoms with E-state index in [1.165, 1.54) is 11.3 Å². The standard InChI is InChI=1S/C25H31BN2O4S/c1-23(2,3)30-22(29)28-14-19(18-12-16(13-27)33-21(18)15-28)17-10-8-9-11-20(17)26-31-24(4,5)25(6,7)32-26/h8-12,19H,14-15H2,1-7H3. The number of thiophene rings is 1. The molecular weight excluding hydrogens is 435 g/mol. The van der Waals surface area contributed by atoms with Gasteiger partial charge in [-0.25, -0.2) is 4.79 Å². The van der Waals surface area contributed by atoms with Gasteiger partial charge in [-0.1, -0.05) is 24.3 Å². The second kappa shape index (κ2) is 8.16. The molecule has 2 aliphatic rings. The van der Waals surface area contributed by atoms with Crippen LogP contribution in [0.5, 0.6) is 0 Å². The molecule has 1 fully saturated rings. The zero-order chi connectivity index (χ0) is 24.2. The maximum Gasteiger partial charge on any atom is 0.495 e.